The average molecular weight is 356 g/mol. The zero-order valence-electron chi connectivity index (χ0n) is 12.6. The maximum absolute atomic E-state index is 12.3. The number of piperazine rings is 1. The summed E-state index contributed by atoms with van der Waals surface area (Å²) in [5.74, 6) is 0.719. The van der Waals surface area contributed by atoms with Crippen LogP contribution in [0.1, 0.15) is 12.7 Å². The standard InChI is InChI=1S/C15H16Cl2N4O2/c1-9-8-21(5-4-18-9)14(22)7-13-19-15(23-20-13)10-2-3-11(16)12(17)6-10/h2-3,6,9,18H,4-5,7-8H2,1H3/p+1/t9-/m0/s1. The van der Waals surface area contributed by atoms with Crippen LogP contribution in [0.3, 0.4) is 0 Å². The highest BCUT2D eigenvalue weighted by Crippen LogP contribution is 2.27. The lowest BCUT2D eigenvalue weighted by atomic mass is 10.2. The molecule has 1 aromatic carbocycles. The van der Waals surface area contributed by atoms with Crippen LogP contribution in [0.5, 0.6) is 0 Å². The Labute approximate surface area is 143 Å². The quantitative estimate of drug-likeness (QED) is 0.902. The van der Waals surface area contributed by atoms with Crippen LogP contribution in [-0.4, -0.2) is 46.6 Å². The van der Waals surface area contributed by atoms with E-state index in [1.807, 2.05) is 4.90 Å². The van der Waals surface area contributed by atoms with Crippen LogP contribution in [0.15, 0.2) is 22.7 Å². The molecule has 0 unspecified atom stereocenters. The van der Waals surface area contributed by atoms with Crippen LogP contribution in [-0.2, 0) is 11.2 Å². The van der Waals surface area contributed by atoms with E-state index in [9.17, 15) is 4.79 Å². The number of amides is 1. The van der Waals surface area contributed by atoms with Crippen molar-refractivity contribution in [2.45, 2.75) is 19.4 Å². The lowest BCUT2D eigenvalue weighted by Gasteiger charge is -2.29. The van der Waals surface area contributed by atoms with Gasteiger partial charge in [-0.3, -0.25) is 4.79 Å². The molecule has 0 aliphatic carbocycles. The van der Waals surface area contributed by atoms with Crippen LogP contribution in [0.2, 0.25) is 10.0 Å². The fourth-order valence-corrected chi connectivity index (χ4v) is 2.87. The minimum Gasteiger partial charge on any atom is -0.341 e. The fraction of sp³-hybridized carbons (Fsp3) is 0.400. The third-order valence-electron chi connectivity index (χ3n) is 3.77. The molecule has 122 valence electrons. The molecule has 2 aromatic rings. The Morgan fingerprint density at radius 2 is 2.26 bits per heavy atom. The molecule has 1 aliphatic heterocycles. The molecule has 0 saturated carbocycles. The lowest BCUT2D eigenvalue weighted by molar-refractivity contribution is -0.693. The molecule has 0 bridgehead atoms. The van der Waals surface area contributed by atoms with E-state index in [0.717, 1.165) is 19.6 Å². The Bertz CT molecular complexity index is 719. The number of aromatic nitrogens is 2. The van der Waals surface area contributed by atoms with Crippen LogP contribution < -0.4 is 5.32 Å². The van der Waals surface area contributed by atoms with Crippen LogP contribution in [0.25, 0.3) is 11.5 Å². The van der Waals surface area contributed by atoms with E-state index < -0.39 is 0 Å². The normalized spacial score (nSPS) is 18.2. The van der Waals surface area contributed by atoms with E-state index in [0.29, 0.717) is 33.4 Å². The number of rotatable bonds is 3. The molecular weight excluding hydrogens is 339 g/mol. The molecular formula is C15H17Cl2N4O2+. The largest absolute Gasteiger partial charge is 0.341 e. The summed E-state index contributed by atoms with van der Waals surface area (Å²) in [4.78, 5) is 18.4. The van der Waals surface area contributed by atoms with Crippen molar-refractivity contribution in [3.8, 4) is 11.5 Å². The maximum atomic E-state index is 12.3. The van der Waals surface area contributed by atoms with Crippen LogP contribution >= 0.6 is 23.2 Å². The number of nitrogens with zero attached hydrogens (tertiary/aromatic N) is 3. The molecule has 1 atom stereocenters. The molecule has 1 aliphatic rings. The highest BCUT2D eigenvalue weighted by Gasteiger charge is 2.24. The summed E-state index contributed by atoms with van der Waals surface area (Å²) >= 11 is 11.9. The highest BCUT2D eigenvalue weighted by atomic mass is 35.5. The first-order chi connectivity index (χ1) is 11.0. The summed E-state index contributed by atoms with van der Waals surface area (Å²) in [6.45, 7) is 4.53. The van der Waals surface area contributed by atoms with Gasteiger partial charge < -0.3 is 14.7 Å². The van der Waals surface area contributed by atoms with Crippen molar-refractivity contribution in [2.75, 3.05) is 19.6 Å². The van der Waals surface area contributed by atoms with Crippen molar-refractivity contribution in [2.24, 2.45) is 0 Å². The van der Waals surface area contributed by atoms with E-state index in [4.69, 9.17) is 27.7 Å². The van der Waals surface area contributed by atoms with Gasteiger partial charge in [-0.1, -0.05) is 28.4 Å². The zero-order valence-corrected chi connectivity index (χ0v) is 14.1. The summed E-state index contributed by atoms with van der Waals surface area (Å²) in [6, 6.07) is 5.49. The molecule has 6 nitrogen and oxygen atoms in total. The zero-order chi connectivity index (χ0) is 16.4. The predicted molar refractivity (Wildman–Crippen MR) is 86.3 cm³/mol. The van der Waals surface area contributed by atoms with Crippen LogP contribution in [0, 0.1) is 0 Å². The third kappa shape index (κ3) is 3.83. The number of carbonyl (C=O) groups excluding carboxylic acids is 1. The predicted octanol–water partition coefficient (Wildman–Crippen LogP) is 1.38. The van der Waals surface area contributed by atoms with Gasteiger partial charge in [-0.2, -0.15) is 4.98 Å². The first-order valence-corrected chi connectivity index (χ1v) is 8.17. The average Bonchev–Trinajstić information content (AvgIpc) is 2.98. The highest BCUT2D eigenvalue weighted by molar-refractivity contribution is 6.42. The van der Waals surface area contributed by atoms with E-state index in [1.54, 1.807) is 18.2 Å². The molecule has 2 N–H and O–H groups in total. The van der Waals surface area contributed by atoms with Gasteiger partial charge in [0.15, 0.2) is 5.82 Å². The first-order valence-electron chi connectivity index (χ1n) is 7.42. The summed E-state index contributed by atoms with van der Waals surface area (Å²) in [5, 5.41) is 6.99. The second-order valence-corrected chi connectivity index (χ2v) is 6.48. The number of carbonyl (C=O) groups is 1. The SMILES string of the molecule is C[C@H]1CN(C(=O)Cc2noc(-c3ccc(Cl)c(Cl)c3)n2)CC[NH2+]1. The molecule has 1 saturated heterocycles. The smallest absolute Gasteiger partial charge is 0.257 e. The Morgan fingerprint density at radius 1 is 1.43 bits per heavy atom. The van der Waals surface area contributed by atoms with Gasteiger partial charge in [-0.15, -0.1) is 0 Å². The Balaban J connectivity index is 1.69. The molecule has 1 fully saturated rings. The Morgan fingerprint density at radius 3 is 3.00 bits per heavy atom. The van der Waals surface area contributed by atoms with Gasteiger partial charge in [0.25, 0.3) is 5.89 Å². The van der Waals surface area contributed by atoms with Gasteiger partial charge >= 0.3 is 0 Å². The third-order valence-corrected chi connectivity index (χ3v) is 4.51. The summed E-state index contributed by atoms with van der Waals surface area (Å²) in [5.41, 5.74) is 0.673. The molecule has 1 amide bonds. The monoisotopic (exact) mass is 355 g/mol. The van der Waals surface area contributed by atoms with Gasteiger partial charge in [0.2, 0.25) is 5.91 Å². The Hall–Kier alpha value is -1.63. The topological polar surface area (TPSA) is 75.8 Å². The molecule has 0 spiro atoms. The minimum absolute atomic E-state index is 0.0199. The van der Waals surface area contributed by atoms with Gasteiger partial charge in [0.05, 0.1) is 36.1 Å². The molecule has 3 rings (SSSR count). The molecule has 8 heteroatoms. The van der Waals surface area contributed by atoms with Crippen molar-refractivity contribution in [1.29, 1.82) is 0 Å². The van der Waals surface area contributed by atoms with Crippen molar-refractivity contribution in [3.63, 3.8) is 0 Å². The molecule has 23 heavy (non-hydrogen) atoms. The van der Waals surface area contributed by atoms with Crippen molar-refractivity contribution in [3.05, 3.63) is 34.1 Å². The van der Waals surface area contributed by atoms with Crippen molar-refractivity contribution >= 4 is 29.1 Å². The van der Waals surface area contributed by atoms with Crippen molar-refractivity contribution in [1.82, 2.24) is 15.0 Å². The van der Waals surface area contributed by atoms with Gasteiger partial charge in [0, 0.05) is 5.56 Å². The summed E-state index contributed by atoms with van der Waals surface area (Å²) in [7, 11) is 0. The Kier molecular flexibility index (Phi) is 4.84. The lowest BCUT2D eigenvalue weighted by Crippen LogP contribution is -2.94. The van der Waals surface area contributed by atoms with Crippen molar-refractivity contribution < 1.29 is 14.6 Å². The molecule has 1 aromatic heterocycles. The van der Waals surface area contributed by atoms with E-state index in [-0.39, 0.29) is 12.3 Å². The summed E-state index contributed by atoms with van der Waals surface area (Å²) in [6.07, 6.45) is 0.136. The second-order valence-electron chi connectivity index (χ2n) is 5.66. The first kappa shape index (κ1) is 16.2. The number of nitrogens with two attached hydrogens (primary N) is 1. The van der Waals surface area contributed by atoms with Crippen LogP contribution in [0.4, 0.5) is 0 Å². The van der Waals surface area contributed by atoms with E-state index in [1.165, 1.54) is 0 Å². The number of hydrogen-bond acceptors (Lipinski definition) is 4. The van der Waals surface area contributed by atoms with E-state index in [2.05, 4.69) is 22.4 Å². The minimum atomic E-state index is 0.0199. The summed E-state index contributed by atoms with van der Waals surface area (Å²) < 4.78 is 5.22. The van der Waals surface area contributed by atoms with E-state index >= 15 is 0 Å². The van der Waals surface area contributed by atoms with Gasteiger partial charge in [-0.25, -0.2) is 0 Å². The number of quaternary nitrogens is 1. The number of benzene rings is 1. The molecule has 0 radical (unpaired) electrons. The number of hydrogen-bond donors (Lipinski definition) is 1. The van der Waals surface area contributed by atoms with Gasteiger partial charge in [0.1, 0.15) is 6.04 Å². The number of halogens is 2. The fourth-order valence-electron chi connectivity index (χ4n) is 2.57. The maximum Gasteiger partial charge on any atom is 0.257 e. The second kappa shape index (κ2) is 6.86. The molecule has 2 heterocycles. The van der Waals surface area contributed by atoms with Gasteiger partial charge in [-0.05, 0) is 25.1 Å².